The van der Waals surface area contributed by atoms with Crippen LogP contribution in [0, 0.1) is 0 Å². The first-order valence-corrected chi connectivity index (χ1v) is 10.7. The van der Waals surface area contributed by atoms with E-state index < -0.39 is 28.0 Å². The van der Waals surface area contributed by atoms with Crippen molar-refractivity contribution in [3.8, 4) is 0 Å². The van der Waals surface area contributed by atoms with E-state index in [2.05, 4.69) is 10.0 Å². The first-order valence-electron chi connectivity index (χ1n) is 8.80. The molecule has 0 aliphatic heterocycles. The highest BCUT2D eigenvalue weighted by atomic mass is 32.2. The highest BCUT2D eigenvalue weighted by Gasteiger charge is 2.21. The van der Waals surface area contributed by atoms with Gasteiger partial charge in [-0.2, -0.15) is 0 Å². The van der Waals surface area contributed by atoms with Crippen LogP contribution in [0.1, 0.15) is 17.3 Å². The van der Waals surface area contributed by atoms with Crippen LogP contribution in [0.2, 0.25) is 0 Å². The molecule has 0 saturated carbocycles. The van der Waals surface area contributed by atoms with Crippen molar-refractivity contribution >= 4 is 44.0 Å². The van der Waals surface area contributed by atoms with Crippen molar-refractivity contribution in [2.45, 2.75) is 13.0 Å². The maximum atomic E-state index is 12.5. The summed E-state index contributed by atoms with van der Waals surface area (Å²) in [4.78, 5) is 24.9. The number of rotatable bonds is 6. The number of benzene rings is 3. The monoisotopic (exact) mass is 412 g/mol. The molecule has 1 atom stereocenters. The van der Waals surface area contributed by atoms with Crippen molar-refractivity contribution in [1.29, 1.82) is 0 Å². The molecule has 3 rings (SSSR count). The molecule has 29 heavy (non-hydrogen) atoms. The van der Waals surface area contributed by atoms with E-state index in [-0.39, 0.29) is 11.3 Å². The molecule has 0 aliphatic carbocycles. The number of hydrogen-bond acceptors (Lipinski definition) is 5. The molecule has 8 heteroatoms. The van der Waals surface area contributed by atoms with Crippen LogP contribution in [0.25, 0.3) is 10.8 Å². The molecular weight excluding hydrogens is 392 g/mol. The average Bonchev–Trinajstić information content (AvgIpc) is 2.67. The number of sulfonamides is 1. The molecule has 0 bridgehead atoms. The van der Waals surface area contributed by atoms with Gasteiger partial charge in [-0.15, -0.1) is 0 Å². The Kier molecular flexibility index (Phi) is 5.84. The molecular formula is C21H20N2O5S. The van der Waals surface area contributed by atoms with Crippen molar-refractivity contribution < 1.29 is 22.7 Å². The number of carbonyl (C=O) groups excluding carboxylic acids is 2. The molecule has 7 nitrogen and oxygen atoms in total. The molecule has 0 saturated heterocycles. The minimum Gasteiger partial charge on any atom is -0.449 e. The summed E-state index contributed by atoms with van der Waals surface area (Å²) in [5.74, 6) is -1.31. The van der Waals surface area contributed by atoms with Crippen LogP contribution in [0.15, 0.2) is 66.7 Å². The first kappa shape index (κ1) is 20.3. The minimum absolute atomic E-state index is 0.0169. The van der Waals surface area contributed by atoms with Gasteiger partial charge in [0, 0.05) is 5.69 Å². The maximum absolute atomic E-state index is 12.5. The van der Waals surface area contributed by atoms with Gasteiger partial charge in [0.15, 0.2) is 6.10 Å². The molecule has 0 heterocycles. The normalized spacial score (nSPS) is 12.2. The zero-order valence-corrected chi connectivity index (χ0v) is 16.7. The standard InChI is InChI=1S/C21H20N2O5S/c1-14(20(24)22-17-12-11-15-7-3-4-8-16(15)13-17)28-21(25)18-9-5-6-10-19(18)23-29(2,26)27/h3-14,23H,1-2H3,(H,22,24)/t14-/m1/s1. The van der Waals surface area contributed by atoms with Gasteiger partial charge in [-0.1, -0.05) is 42.5 Å². The number of anilines is 2. The summed E-state index contributed by atoms with van der Waals surface area (Å²) in [5.41, 5.74) is 0.682. The molecule has 0 aliphatic rings. The predicted molar refractivity (Wildman–Crippen MR) is 112 cm³/mol. The van der Waals surface area contributed by atoms with Gasteiger partial charge in [0.1, 0.15) is 0 Å². The van der Waals surface area contributed by atoms with Crippen LogP contribution in [-0.4, -0.2) is 32.7 Å². The number of ether oxygens (including phenoxy) is 1. The van der Waals surface area contributed by atoms with Crippen LogP contribution in [0.4, 0.5) is 11.4 Å². The third-order valence-electron chi connectivity index (χ3n) is 4.11. The quantitative estimate of drug-likeness (QED) is 0.604. The molecule has 2 N–H and O–H groups in total. The zero-order valence-electron chi connectivity index (χ0n) is 15.9. The van der Waals surface area contributed by atoms with Gasteiger partial charge in [-0.3, -0.25) is 9.52 Å². The van der Waals surface area contributed by atoms with E-state index in [4.69, 9.17) is 4.74 Å². The smallest absolute Gasteiger partial charge is 0.341 e. The molecule has 0 aromatic heterocycles. The van der Waals surface area contributed by atoms with Gasteiger partial charge >= 0.3 is 5.97 Å². The summed E-state index contributed by atoms with van der Waals surface area (Å²) < 4.78 is 30.4. The summed E-state index contributed by atoms with van der Waals surface area (Å²) in [7, 11) is -3.57. The third-order valence-corrected chi connectivity index (χ3v) is 4.70. The lowest BCUT2D eigenvalue weighted by atomic mass is 10.1. The van der Waals surface area contributed by atoms with Crippen molar-refractivity contribution in [3.05, 3.63) is 72.3 Å². The molecule has 1 amide bonds. The van der Waals surface area contributed by atoms with Gasteiger partial charge in [-0.25, -0.2) is 13.2 Å². The Morgan fingerprint density at radius 2 is 1.59 bits per heavy atom. The van der Waals surface area contributed by atoms with E-state index in [9.17, 15) is 18.0 Å². The lowest BCUT2D eigenvalue weighted by Gasteiger charge is -2.15. The lowest BCUT2D eigenvalue weighted by Crippen LogP contribution is -2.30. The van der Waals surface area contributed by atoms with Gasteiger partial charge in [0.05, 0.1) is 17.5 Å². The first-order chi connectivity index (χ1) is 13.7. The van der Waals surface area contributed by atoms with Gasteiger partial charge in [0.2, 0.25) is 10.0 Å². The Morgan fingerprint density at radius 3 is 2.31 bits per heavy atom. The van der Waals surface area contributed by atoms with Crippen molar-refractivity contribution in [2.75, 3.05) is 16.3 Å². The predicted octanol–water partition coefficient (Wildman–Crippen LogP) is 3.40. The van der Waals surface area contributed by atoms with Crippen molar-refractivity contribution in [2.24, 2.45) is 0 Å². The molecule has 0 fully saturated rings. The van der Waals surface area contributed by atoms with Gasteiger partial charge in [-0.05, 0) is 42.0 Å². The molecule has 0 radical (unpaired) electrons. The van der Waals surface area contributed by atoms with E-state index in [0.717, 1.165) is 17.0 Å². The zero-order chi connectivity index (χ0) is 21.0. The summed E-state index contributed by atoms with van der Waals surface area (Å²) in [5, 5.41) is 4.73. The highest BCUT2D eigenvalue weighted by molar-refractivity contribution is 7.92. The second-order valence-corrected chi connectivity index (χ2v) is 8.27. The Morgan fingerprint density at radius 1 is 0.931 bits per heavy atom. The number of hydrogen-bond donors (Lipinski definition) is 2. The van der Waals surface area contributed by atoms with E-state index in [1.54, 1.807) is 18.2 Å². The second kappa shape index (κ2) is 8.32. The van der Waals surface area contributed by atoms with Crippen LogP contribution < -0.4 is 10.0 Å². The van der Waals surface area contributed by atoms with E-state index >= 15 is 0 Å². The molecule has 0 spiro atoms. The third kappa shape index (κ3) is 5.32. The van der Waals surface area contributed by atoms with E-state index in [1.807, 2.05) is 36.4 Å². The Hall–Kier alpha value is -3.39. The largest absolute Gasteiger partial charge is 0.449 e. The summed E-state index contributed by atoms with van der Waals surface area (Å²) in [6, 6.07) is 19.2. The summed E-state index contributed by atoms with van der Waals surface area (Å²) >= 11 is 0. The summed E-state index contributed by atoms with van der Waals surface area (Å²) in [6.07, 6.45) is -0.102. The fraction of sp³-hybridized carbons (Fsp3) is 0.143. The van der Waals surface area contributed by atoms with Gasteiger partial charge < -0.3 is 10.1 Å². The fourth-order valence-electron chi connectivity index (χ4n) is 2.74. The minimum atomic E-state index is -3.57. The second-order valence-electron chi connectivity index (χ2n) is 6.52. The molecule has 0 unspecified atom stereocenters. The number of amides is 1. The number of para-hydroxylation sites is 1. The van der Waals surface area contributed by atoms with Gasteiger partial charge in [0.25, 0.3) is 5.91 Å². The highest BCUT2D eigenvalue weighted by Crippen LogP contribution is 2.20. The SMILES string of the molecule is C[C@@H](OC(=O)c1ccccc1NS(C)(=O)=O)C(=O)Nc1ccc2ccccc2c1. The summed E-state index contributed by atoms with van der Waals surface area (Å²) in [6.45, 7) is 1.45. The topological polar surface area (TPSA) is 102 Å². The van der Waals surface area contributed by atoms with Crippen LogP contribution in [0.3, 0.4) is 0 Å². The van der Waals surface area contributed by atoms with Crippen molar-refractivity contribution in [1.82, 2.24) is 0 Å². The maximum Gasteiger partial charge on any atom is 0.341 e. The van der Waals surface area contributed by atoms with E-state index in [0.29, 0.717) is 5.69 Å². The molecule has 150 valence electrons. The number of fused-ring (bicyclic) bond motifs is 1. The average molecular weight is 412 g/mol. The Labute approximate surface area is 168 Å². The van der Waals surface area contributed by atoms with Crippen LogP contribution in [0.5, 0.6) is 0 Å². The fourth-order valence-corrected chi connectivity index (χ4v) is 3.32. The van der Waals surface area contributed by atoms with E-state index in [1.165, 1.54) is 19.1 Å². The Balaban J connectivity index is 1.70. The van der Waals surface area contributed by atoms with Crippen LogP contribution in [-0.2, 0) is 19.6 Å². The number of carbonyl (C=O) groups is 2. The number of nitrogens with one attached hydrogen (secondary N) is 2. The number of esters is 1. The van der Waals surface area contributed by atoms with Crippen LogP contribution >= 0.6 is 0 Å². The Bertz CT molecular complexity index is 1170. The lowest BCUT2D eigenvalue weighted by molar-refractivity contribution is -0.123. The molecule has 3 aromatic carbocycles. The molecule has 3 aromatic rings. The van der Waals surface area contributed by atoms with Crippen molar-refractivity contribution in [3.63, 3.8) is 0 Å².